The number of methoxy groups -OCH3 is 1. The lowest BCUT2D eigenvalue weighted by Gasteiger charge is -2.15. The van der Waals surface area contributed by atoms with Crippen molar-refractivity contribution >= 4 is 28.5 Å². The molecule has 7 nitrogen and oxygen atoms in total. The van der Waals surface area contributed by atoms with Gasteiger partial charge in [0, 0.05) is 6.54 Å². The molecule has 2 amide bonds. The van der Waals surface area contributed by atoms with Gasteiger partial charge in [0.1, 0.15) is 11.3 Å². The molecule has 1 aromatic heterocycles. The number of rotatable bonds is 6. The quantitative estimate of drug-likeness (QED) is 0.784. The van der Waals surface area contributed by atoms with Crippen LogP contribution < -0.4 is 10.6 Å². The van der Waals surface area contributed by atoms with Crippen LogP contribution in [-0.2, 0) is 16.0 Å². The number of nitrogens with one attached hydrogen (secondary N) is 2. The van der Waals surface area contributed by atoms with E-state index in [-0.39, 0.29) is 12.4 Å². The number of esters is 1. The molecule has 1 heterocycles. The average Bonchev–Trinajstić information content (AvgIpc) is 3.05. The summed E-state index contributed by atoms with van der Waals surface area (Å²) >= 11 is 1.18. The summed E-state index contributed by atoms with van der Waals surface area (Å²) in [4.78, 5) is 23.6. The molecule has 0 aliphatic heterocycles. The molecule has 0 fully saturated rings. The zero-order valence-electron chi connectivity index (χ0n) is 12.3. The van der Waals surface area contributed by atoms with Gasteiger partial charge in [-0.3, -0.25) is 10.1 Å². The molecule has 122 valence electrons. The van der Waals surface area contributed by atoms with E-state index in [0.717, 1.165) is 5.56 Å². The Morgan fingerprint density at radius 1 is 1.35 bits per heavy atom. The van der Waals surface area contributed by atoms with Crippen LogP contribution in [0.4, 0.5) is 14.3 Å². The number of ether oxygens (including phenoxy) is 1. The lowest BCUT2D eigenvalue weighted by atomic mass is 9.99. The van der Waals surface area contributed by atoms with Crippen LogP contribution in [0.15, 0.2) is 29.8 Å². The summed E-state index contributed by atoms with van der Waals surface area (Å²) in [6, 6.07) is 5.33. The molecule has 23 heavy (non-hydrogen) atoms. The standard InChI is InChI=1S/C14H15FN4O3S/c1-22-12(20)10(6-9-2-4-11(15)5-3-9)7-16-13(21)18-14-19-17-8-23-14/h2-5,8,10H,6-7H2,1H3,(H2,16,18,19,21). The van der Waals surface area contributed by atoms with Gasteiger partial charge in [0.25, 0.3) is 0 Å². The van der Waals surface area contributed by atoms with E-state index in [1.807, 2.05) is 0 Å². The van der Waals surface area contributed by atoms with E-state index < -0.39 is 17.9 Å². The number of urea groups is 1. The molecule has 0 aliphatic carbocycles. The molecule has 0 aliphatic rings. The van der Waals surface area contributed by atoms with Gasteiger partial charge in [-0.1, -0.05) is 23.5 Å². The van der Waals surface area contributed by atoms with Crippen molar-refractivity contribution in [1.82, 2.24) is 15.5 Å². The Kier molecular flexibility index (Phi) is 5.98. The van der Waals surface area contributed by atoms with E-state index in [2.05, 4.69) is 20.8 Å². The molecular weight excluding hydrogens is 323 g/mol. The Labute approximate surface area is 135 Å². The summed E-state index contributed by atoms with van der Waals surface area (Å²) in [5.74, 6) is -1.38. The first-order valence-corrected chi connectivity index (χ1v) is 7.59. The van der Waals surface area contributed by atoms with Gasteiger partial charge < -0.3 is 10.1 Å². The van der Waals surface area contributed by atoms with Gasteiger partial charge in [-0.2, -0.15) is 0 Å². The second-order valence-corrected chi connectivity index (χ2v) is 5.46. The van der Waals surface area contributed by atoms with E-state index in [1.165, 1.54) is 36.1 Å². The monoisotopic (exact) mass is 338 g/mol. The van der Waals surface area contributed by atoms with Crippen molar-refractivity contribution in [2.75, 3.05) is 19.0 Å². The molecule has 0 saturated heterocycles. The van der Waals surface area contributed by atoms with E-state index in [9.17, 15) is 14.0 Å². The van der Waals surface area contributed by atoms with Crippen LogP contribution in [0.3, 0.4) is 0 Å². The number of benzene rings is 1. The number of halogens is 1. The Hall–Kier alpha value is -2.55. The predicted octanol–water partition coefficient (Wildman–Crippen LogP) is 1.83. The summed E-state index contributed by atoms with van der Waals surface area (Å²) in [5, 5.41) is 12.7. The second-order valence-electron chi connectivity index (χ2n) is 4.63. The molecule has 0 radical (unpaired) electrons. The van der Waals surface area contributed by atoms with Crippen LogP contribution in [0.5, 0.6) is 0 Å². The van der Waals surface area contributed by atoms with E-state index >= 15 is 0 Å². The summed E-state index contributed by atoms with van der Waals surface area (Å²) in [6.07, 6.45) is 0.325. The number of aromatic nitrogens is 2. The average molecular weight is 338 g/mol. The van der Waals surface area contributed by atoms with Gasteiger partial charge in [-0.15, -0.1) is 10.2 Å². The molecule has 1 aromatic carbocycles. The van der Waals surface area contributed by atoms with Crippen LogP contribution in [0.1, 0.15) is 5.56 Å². The van der Waals surface area contributed by atoms with Crippen molar-refractivity contribution in [1.29, 1.82) is 0 Å². The van der Waals surface area contributed by atoms with Crippen LogP contribution in [0.25, 0.3) is 0 Å². The Morgan fingerprint density at radius 2 is 2.09 bits per heavy atom. The Balaban J connectivity index is 1.91. The summed E-state index contributed by atoms with van der Waals surface area (Å²) < 4.78 is 17.7. The molecular formula is C14H15FN4O3S. The summed E-state index contributed by atoms with van der Waals surface area (Å²) in [6.45, 7) is 0.0781. The summed E-state index contributed by atoms with van der Waals surface area (Å²) in [7, 11) is 1.28. The highest BCUT2D eigenvalue weighted by atomic mass is 32.1. The zero-order chi connectivity index (χ0) is 16.7. The maximum atomic E-state index is 12.9. The fraction of sp³-hybridized carbons (Fsp3) is 0.286. The third kappa shape index (κ3) is 5.29. The Bertz CT molecular complexity index is 649. The van der Waals surface area contributed by atoms with E-state index in [1.54, 1.807) is 12.1 Å². The van der Waals surface area contributed by atoms with Crippen molar-refractivity contribution < 1.29 is 18.7 Å². The minimum Gasteiger partial charge on any atom is -0.469 e. The molecule has 0 spiro atoms. The van der Waals surface area contributed by atoms with Crippen molar-refractivity contribution in [3.63, 3.8) is 0 Å². The van der Waals surface area contributed by atoms with Gasteiger partial charge in [0.15, 0.2) is 0 Å². The number of hydrogen-bond donors (Lipinski definition) is 2. The molecule has 1 unspecified atom stereocenters. The van der Waals surface area contributed by atoms with Crippen LogP contribution in [0.2, 0.25) is 0 Å². The maximum absolute atomic E-state index is 12.9. The van der Waals surface area contributed by atoms with Gasteiger partial charge in [0.05, 0.1) is 13.0 Å². The molecule has 2 rings (SSSR count). The topological polar surface area (TPSA) is 93.2 Å². The predicted molar refractivity (Wildman–Crippen MR) is 82.5 cm³/mol. The molecule has 2 aromatic rings. The number of amides is 2. The Morgan fingerprint density at radius 3 is 2.70 bits per heavy atom. The van der Waals surface area contributed by atoms with Crippen molar-refractivity contribution in [2.24, 2.45) is 5.92 Å². The van der Waals surface area contributed by atoms with Crippen LogP contribution in [0, 0.1) is 11.7 Å². The molecule has 9 heteroatoms. The first-order valence-electron chi connectivity index (χ1n) is 6.71. The number of nitrogens with zero attached hydrogens (tertiary/aromatic N) is 2. The number of anilines is 1. The van der Waals surface area contributed by atoms with Crippen molar-refractivity contribution in [3.05, 3.63) is 41.2 Å². The van der Waals surface area contributed by atoms with E-state index in [0.29, 0.717) is 11.6 Å². The highest BCUT2D eigenvalue weighted by molar-refractivity contribution is 7.13. The fourth-order valence-corrected chi connectivity index (χ4v) is 2.34. The van der Waals surface area contributed by atoms with Crippen molar-refractivity contribution in [3.8, 4) is 0 Å². The van der Waals surface area contributed by atoms with Crippen molar-refractivity contribution in [2.45, 2.75) is 6.42 Å². The first kappa shape index (κ1) is 16.8. The van der Waals surface area contributed by atoms with Crippen LogP contribution >= 0.6 is 11.3 Å². The van der Waals surface area contributed by atoms with Gasteiger partial charge in [-0.25, -0.2) is 9.18 Å². The number of carbonyl (C=O) groups is 2. The highest BCUT2D eigenvalue weighted by Crippen LogP contribution is 2.12. The fourth-order valence-electron chi connectivity index (χ4n) is 1.90. The normalized spacial score (nSPS) is 11.6. The maximum Gasteiger partial charge on any atom is 0.321 e. The largest absolute Gasteiger partial charge is 0.469 e. The highest BCUT2D eigenvalue weighted by Gasteiger charge is 2.21. The smallest absolute Gasteiger partial charge is 0.321 e. The number of carbonyl (C=O) groups excluding carboxylic acids is 2. The summed E-state index contributed by atoms with van der Waals surface area (Å²) in [5.41, 5.74) is 2.26. The minimum atomic E-state index is -0.578. The molecule has 0 saturated carbocycles. The van der Waals surface area contributed by atoms with E-state index in [4.69, 9.17) is 4.74 Å². The molecule has 2 N–H and O–H groups in total. The van der Waals surface area contributed by atoms with Gasteiger partial charge >= 0.3 is 12.0 Å². The second kappa shape index (κ2) is 8.18. The molecule has 0 bridgehead atoms. The molecule has 1 atom stereocenters. The lowest BCUT2D eigenvalue weighted by molar-refractivity contribution is -0.145. The first-order chi connectivity index (χ1) is 11.1. The third-order valence-electron chi connectivity index (χ3n) is 3.02. The van der Waals surface area contributed by atoms with Gasteiger partial charge in [0.2, 0.25) is 5.13 Å². The van der Waals surface area contributed by atoms with Gasteiger partial charge in [-0.05, 0) is 24.1 Å². The lowest BCUT2D eigenvalue weighted by Crippen LogP contribution is -2.37. The SMILES string of the molecule is COC(=O)C(CNC(=O)Nc1nncs1)Cc1ccc(F)cc1. The number of hydrogen-bond acceptors (Lipinski definition) is 6. The van der Waals surface area contributed by atoms with Crippen LogP contribution in [-0.4, -0.2) is 35.9 Å². The zero-order valence-corrected chi connectivity index (χ0v) is 13.1. The third-order valence-corrected chi connectivity index (χ3v) is 3.63. The minimum absolute atomic E-state index is 0.0781.